The number of carbonyl (C=O) groups excluding carboxylic acids is 1. The van der Waals surface area contributed by atoms with Gasteiger partial charge in [-0.1, -0.05) is 30.3 Å². The zero-order valence-electron chi connectivity index (χ0n) is 12.7. The van der Waals surface area contributed by atoms with E-state index < -0.39 is 0 Å². The molecule has 0 aliphatic rings. The van der Waals surface area contributed by atoms with Crippen molar-refractivity contribution in [1.29, 1.82) is 0 Å². The van der Waals surface area contributed by atoms with E-state index in [0.717, 1.165) is 18.5 Å². The second kappa shape index (κ2) is 6.35. The number of carbonyl (C=O) groups is 1. The van der Waals surface area contributed by atoms with Crippen molar-refractivity contribution in [3.05, 3.63) is 48.5 Å². The quantitative estimate of drug-likeness (QED) is 0.706. The van der Waals surface area contributed by atoms with E-state index in [0.29, 0.717) is 17.1 Å². The summed E-state index contributed by atoms with van der Waals surface area (Å²) in [5.41, 5.74) is 8.34. The van der Waals surface area contributed by atoms with Crippen LogP contribution in [0.15, 0.2) is 47.2 Å². The summed E-state index contributed by atoms with van der Waals surface area (Å²) in [4.78, 5) is 12.2. The first-order valence-electron chi connectivity index (χ1n) is 7.32. The smallest absolute Gasteiger partial charge is 0.294 e. The van der Waals surface area contributed by atoms with E-state index >= 15 is 0 Å². The van der Waals surface area contributed by atoms with Crippen LogP contribution in [0.5, 0.6) is 0 Å². The van der Waals surface area contributed by atoms with Gasteiger partial charge < -0.3 is 15.6 Å². The van der Waals surface area contributed by atoms with Crippen LogP contribution in [0, 0.1) is 0 Å². The second-order valence-electron chi connectivity index (χ2n) is 5.11. The number of nitrogens with two attached hydrogens (primary N) is 1. The Labute approximate surface area is 133 Å². The summed E-state index contributed by atoms with van der Waals surface area (Å²) in [5.74, 6) is -0.263. The fourth-order valence-electron chi connectivity index (χ4n) is 2.21. The van der Waals surface area contributed by atoms with Crippen LogP contribution >= 0.6 is 0 Å². The minimum atomic E-state index is -0.380. The second-order valence-corrected chi connectivity index (χ2v) is 5.11. The molecule has 0 bridgehead atoms. The fourth-order valence-corrected chi connectivity index (χ4v) is 2.21. The maximum atomic E-state index is 12.2. The van der Waals surface area contributed by atoms with Crippen molar-refractivity contribution in [2.24, 2.45) is 0 Å². The molecule has 3 aromatic rings. The molecule has 0 unspecified atom stereocenters. The van der Waals surface area contributed by atoms with Gasteiger partial charge >= 0.3 is 0 Å². The molecule has 0 saturated heterocycles. The number of anilines is 2. The van der Waals surface area contributed by atoms with E-state index in [1.807, 2.05) is 18.2 Å². The Morgan fingerprint density at radius 3 is 3.00 bits per heavy atom. The highest BCUT2D eigenvalue weighted by atomic mass is 16.5. The van der Waals surface area contributed by atoms with Gasteiger partial charge in [-0.15, -0.1) is 0 Å². The normalized spacial score (nSPS) is 10.7. The summed E-state index contributed by atoms with van der Waals surface area (Å²) < 4.78 is 6.89. The molecule has 2 heterocycles. The van der Waals surface area contributed by atoms with Crippen LogP contribution in [-0.2, 0) is 6.54 Å². The number of benzene rings is 1. The molecule has 7 nitrogen and oxygen atoms in total. The monoisotopic (exact) mass is 311 g/mol. The molecule has 0 radical (unpaired) electrons. The van der Waals surface area contributed by atoms with Gasteiger partial charge in [-0.05, 0) is 12.5 Å². The zero-order chi connectivity index (χ0) is 16.2. The van der Waals surface area contributed by atoms with Gasteiger partial charge in [-0.25, -0.2) is 0 Å². The van der Waals surface area contributed by atoms with E-state index in [1.54, 1.807) is 29.2 Å². The summed E-state index contributed by atoms with van der Waals surface area (Å²) in [6.07, 6.45) is 4.34. The molecule has 7 heteroatoms. The lowest BCUT2D eigenvalue weighted by Gasteiger charge is -1.99. The number of para-hydroxylation sites is 1. The number of aromatic nitrogens is 3. The first-order valence-corrected chi connectivity index (χ1v) is 7.32. The SMILES string of the molecule is CCCn1cc(NC(=O)c2cc(-c3ccccc3N)no2)cn1. The molecule has 3 rings (SSSR count). The molecular weight excluding hydrogens is 294 g/mol. The fraction of sp³-hybridized carbons (Fsp3) is 0.188. The van der Waals surface area contributed by atoms with Gasteiger partial charge in [0.1, 0.15) is 5.69 Å². The van der Waals surface area contributed by atoms with Gasteiger partial charge in [0.15, 0.2) is 0 Å². The molecule has 0 aliphatic carbocycles. The van der Waals surface area contributed by atoms with Gasteiger partial charge in [0.25, 0.3) is 5.91 Å². The van der Waals surface area contributed by atoms with E-state index in [2.05, 4.69) is 22.5 Å². The van der Waals surface area contributed by atoms with Crippen LogP contribution in [0.1, 0.15) is 23.9 Å². The number of rotatable bonds is 5. The number of aryl methyl sites for hydroxylation is 1. The number of hydrogen-bond acceptors (Lipinski definition) is 5. The Balaban J connectivity index is 1.74. The average molecular weight is 311 g/mol. The van der Waals surface area contributed by atoms with Crippen molar-refractivity contribution in [2.45, 2.75) is 19.9 Å². The Kier molecular flexibility index (Phi) is 4.09. The van der Waals surface area contributed by atoms with Crippen LogP contribution in [0.2, 0.25) is 0 Å². The van der Waals surface area contributed by atoms with E-state index in [4.69, 9.17) is 10.3 Å². The maximum Gasteiger partial charge on any atom is 0.294 e. The van der Waals surface area contributed by atoms with Gasteiger partial charge in [0.05, 0.1) is 11.9 Å². The van der Waals surface area contributed by atoms with E-state index in [-0.39, 0.29) is 11.7 Å². The lowest BCUT2D eigenvalue weighted by molar-refractivity contribution is 0.0988. The van der Waals surface area contributed by atoms with Crippen LogP contribution in [-0.4, -0.2) is 20.8 Å². The summed E-state index contributed by atoms with van der Waals surface area (Å²) in [6, 6.07) is 8.84. The van der Waals surface area contributed by atoms with E-state index in [1.165, 1.54) is 0 Å². The third kappa shape index (κ3) is 3.23. The predicted octanol–water partition coefficient (Wildman–Crippen LogP) is 2.78. The molecule has 0 spiro atoms. The third-order valence-corrected chi connectivity index (χ3v) is 3.31. The first-order chi connectivity index (χ1) is 11.2. The molecule has 1 aromatic carbocycles. The number of nitrogens with one attached hydrogen (secondary N) is 1. The van der Waals surface area contributed by atoms with Crippen LogP contribution in [0.25, 0.3) is 11.3 Å². The van der Waals surface area contributed by atoms with Gasteiger partial charge in [-0.2, -0.15) is 5.10 Å². The molecule has 118 valence electrons. The van der Waals surface area contributed by atoms with Crippen molar-refractivity contribution in [2.75, 3.05) is 11.1 Å². The van der Waals surface area contributed by atoms with Gasteiger partial charge in [-0.3, -0.25) is 9.48 Å². The lowest BCUT2D eigenvalue weighted by Crippen LogP contribution is -2.10. The number of nitrogen functional groups attached to an aromatic ring is 1. The number of hydrogen-bond donors (Lipinski definition) is 2. The van der Waals surface area contributed by atoms with Crippen molar-refractivity contribution in [3.63, 3.8) is 0 Å². The molecule has 1 amide bonds. The maximum absolute atomic E-state index is 12.2. The van der Waals surface area contributed by atoms with E-state index in [9.17, 15) is 4.79 Å². The number of amides is 1. The summed E-state index contributed by atoms with van der Waals surface area (Å²) in [6.45, 7) is 2.86. The topological polar surface area (TPSA) is 99.0 Å². The standard InChI is InChI=1S/C16H17N5O2/c1-2-7-21-10-11(9-18-21)19-16(22)15-8-14(20-23-15)12-5-3-4-6-13(12)17/h3-6,8-10H,2,7,17H2,1H3,(H,19,22). The average Bonchev–Trinajstić information content (AvgIpc) is 3.18. The van der Waals surface area contributed by atoms with Crippen LogP contribution in [0.4, 0.5) is 11.4 Å². The van der Waals surface area contributed by atoms with Crippen molar-refractivity contribution in [1.82, 2.24) is 14.9 Å². The first kappa shape index (κ1) is 14.8. The van der Waals surface area contributed by atoms with Crippen molar-refractivity contribution >= 4 is 17.3 Å². The predicted molar refractivity (Wildman–Crippen MR) is 86.8 cm³/mol. The molecule has 2 aromatic heterocycles. The van der Waals surface area contributed by atoms with Gasteiger partial charge in [0.2, 0.25) is 5.76 Å². The highest BCUT2D eigenvalue weighted by molar-refractivity contribution is 6.02. The highest BCUT2D eigenvalue weighted by Gasteiger charge is 2.16. The molecule has 23 heavy (non-hydrogen) atoms. The Hall–Kier alpha value is -3.09. The minimum absolute atomic E-state index is 0.117. The largest absolute Gasteiger partial charge is 0.398 e. The minimum Gasteiger partial charge on any atom is -0.398 e. The lowest BCUT2D eigenvalue weighted by atomic mass is 10.1. The molecular formula is C16H17N5O2. The zero-order valence-corrected chi connectivity index (χ0v) is 12.7. The third-order valence-electron chi connectivity index (χ3n) is 3.31. The molecule has 0 aliphatic heterocycles. The summed E-state index contributed by atoms with van der Waals surface area (Å²) >= 11 is 0. The van der Waals surface area contributed by atoms with Crippen LogP contribution < -0.4 is 11.1 Å². The molecule has 0 saturated carbocycles. The Bertz CT molecular complexity index is 821. The van der Waals surface area contributed by atoms with Crippen molar-refractivity contribution < 1.29 is 9.32 Å². The Morgan fingerprint density at radius 1 is 1.39 bits per heavy atom. The summed E-state index contributed by atoms with van der Waals surface area (Å²) in [5, 5.41) is 10.8. The molecule has 3 N–H and O–H groups in total. The highest BCUT2D eigenvalue weighted by Crippen LogP contribution is 2.25. The molecule has 0 atom stereocenters. The van der Waals surface area contributed by atoms with Gasteiger partial charge in [0, 0.05) is 30.1 Å². The summed E-state index contributed by atoms with van der Waals surface area (Å²) in [7, 11) is 0. The Morgan fingerprint density at radius 2 is 2.22 bits per heavy atom. The number of nitrogens with zero attached hydrogens (tertiary/aromatic N) is 3. The molecule has 0 fully saturated rings. The van der Waals surface area contributed by atoms with Crippen molar-refractivity contribution in [3.8, 4) is 11.3 Å². The van der Waals surface area contributed by atoms with Crippen LogP contribution in [0.3, 0.4) is 0 Å².